The van der Waals surface area contributed by atoms with Crippen molar-refractivity contribution in [2.45, 2.75) is 46.5 Å². The molecule has 0 aliphatic carbocycles. The van der Waals surface area contributed by atoms with Gasteiger partial charge in [-0.3, -0.25) is 9.97 Å². The lowest BCUT2D eigenvalue weighted by molar-refractivity contribution is 0.593. The Kier molecular flexibility index (Phi) is 5.28. The zero-order valence-electron chi connectivity index (χ0n) is 20.0. The molecular weight excluding hydrogens is 404 g/mol. The molecular formula is C30H30N2O. The van der Waals surface area contributed by atoms with Gasteiger partial charge in [0, 0.05) is 28.9 Å². The van der Waals surface area contributed by atoms with Crippen molar-refractivity contribution in [3.8, 4) is 22.4 Å². The molecule has 3 heteroatoms. The van der Waals surface area contributed by atoms with E-state index in [9.17, 15) is 0 Å². The number of rotatable bonds is 4. The van der Waals surface area contributed by atoms with Gasteiger partial charge in [-0.05, 0) is 69.5 Å². The summed E-state index contributed by atoms with van der Waals surface area (Å²) in [6.07, 6.45) is 8.52. The van der Waals surface area contributed by atoms with Crippen LogP contribution in [-0.4, -0.2) is 9.97 Å². The maximum Gasteiger partial charge on any atom is 0.153 e. The fraction of sp³-hybridized carbons (Fsp3) is 0.267. The molecule has 0 bridgehead atoms. The molecule has 5 aromatic rings. The van der Waals surface area contributed by atoms with Gasteiger partial charge in [0.05, 0.1) is 18.2 Å². The van der Waals surface area contributed by atoms with E-state index >= 15 is 0 Å². The highest BCUT2D eigenvalue weighted by atomic mass is 16.3. The van der Waals surface area contributed by atoms with Crippen molar-refractivity contribution in [1.82, 2.24) is 9.97 Å². The molecule has 0 unspecified atom stereocenters. The van der Waals surface area contributed by atoms with Crippen molar-refractivity contribution in [1.29, 1.82) is 0 Å². The summed E-state index contributed by atoms with van der Waals surface area (Å²) in [6, 6.07) is 17.4. The summed E-state index contributed by atoms with van der Waals surface area (Å²) in [5, 5.41) is 3.70. The summed E-state index contributed by atoms with van der Waals surface area (Å²) in [7, 11) is 0. The van der Waals surface area contributed by atoms with Gasteiger partial charge >= 0.3 is 0 Å². The Balaban J connectivity index is 1.68. The summed E-state index contributed by atoms with van der Waals surface area (Å²) >= 11 is 0. The van der Waals surface area contributed by atoms with Crippen molar-refractivity contribution in [3.63, 3.8) is 0 Å². The van der Waals surface area contributed by atoms with Crippen LogP contribution in [0.2, 0.25) is 0 Å². The van der Waals surface area contributed by atoms with Crippen LogP contribution in [-0.2, 0) is 11.8 Å². The lowest BCUT2D eigenvalue weighted by atomic mass is 9.82. The standard InChI is InChI=1S/C30H30N2O/c1-19(2)12-23-18-33-28-17-31-16-25(29(23)28)21-10-11-32-27(15-21)22-13-20-8-6-7-9-24(20)26(14-22)30(3,4)5/h6-11,13-19H,12H2,1-5H3. The molecule has 0 radical (unpaired) electrons. The molecule has 0 saturated carbocycles. The van der Waals surface area contributed by atoms with E-state index in [1.54, 1.807) is 0 Å². The van der Waals surface area contributed by atoms with Crippen molar-refractivity contribution in [3.05, 3.63) is 84.5 Å². The Morgan fingerprint density at radius 3 is 2.55 bits per heavy atom. The SMILES string of the molecule is CC(C)Cc1coc2cncc(-c3ccnc(-c4cc(C(C)(C)C)c5ccccc5c4)c3)c12. The number of fused-ring (bicyclic) bond motifs is 2. The van der Waals surface area contributed by atoms with Gasteiger partial charge in [-0.2, -0.15) is 0 Å². The van der Waals surface area contributed by atoms with Gasteiger partial charge in [-0.1, -0.05) is 58.9 Å². The molecule has 0 fully saturated rings. The molecule has 2 aromatic carbocycles. The Morgan fingerprint density at radius 1 is 0.939 bits per heavy atom. The van der Waals surface area contributed by atoms with Crippen LogP contribution >= 0.6 is 0 Å². The third kappa shape index (κ3) is 4.04. The zero-order chi connectivity index (χ0) is 23.2. The van der Waals surface area contributed by atoms with E-state index in [1.165, 1.54) is 21.9 Å². The monoisotopic (exact) mass is 434 g/mol. The van der Waals surface area contributed by atoms with Gasteiger partial charge < -0.3 is 4.42 Å². The maximum atomic E-state index is 5.85. The van der Waals surface area contributed by atoms with Crippen molar-refractivity contribution in [2.75, 3.05) is 0 Å². The van der Waals surface area contributed by atoms with Crippen LogP contribution in [0, 0.1) is 5.92 Å². The molecule has 0 saturated heterocycles. The number of hydrogen-bond acceptors (Lipinski definition) is 3. The van der Waals surface area contributed by atoms with Crippen LogP contribution in [0.1, 0.15) is 45.7 Å². The van der Waals surface area contributed by atoms with Crippen molar-refractivity contribution < 1.29 is 4.42 Å². The Bertz CT molecular complexity index is 1450. The third-order valence-electron chi connectivity index (χ3n) is 6.23. The number of aromatic nitrogens is 2. The van der Waals surface area contributed by atoms with Crippen LogP contribution in [0.15, 0.2) is 77.8 Å². The molecule has 0 atom stereocenters. The van der Waals surface area contributed by atoms with E-state index in [2.05, 4.69) is 88.1 Å². The smallest absolute Gasteiger partial charge is 0.153 e. The highest BCUT2D eigenvalue weighted by Gasteiger charge is 2.19. The van der Waals surface area contributed by atoms with Crippen LogP contribution in [0.3, 0.4) is 0 Å². The topological polar surface area (TPSA) is 38.9 Å². The van der Waals surface area contributed by atoms with Gasteiger partial charge in [-0.25, -0.2) is 0 Å². The predicted octanol–water partition coefficient (Wildman–Crippen LogP) is 8.21. The molecule has 33 heavy (non-hydrogen) atoms. The fourth-order valence-electron chi connectivity index (χ4n) is 4.70. The summed E-state index contributed by atoms with van der Waals surface area (Å²) in [5.41, 5.74) is 7.74. The molecule has 0 N–H and O–H groups in total. The second-order valence-electron chi connectivity index (χ2n) is 10.3. The second kappa shape index (κ2) is 8.15. The number of furan rings is 1. The average Bonchev–Trinajstić information content (AvgIpc) is 3.20. The minimum Gasteiger partial charge on any atom is -0.462 e. The predicted molar refractivity (Wildman–Crippen MR) is 137 cm³/mol. The van der Waals surface area contributed by atoms with E-state index in [4.69, 9.17) is 9.40 Å². The minimum absolute atomic E-state index is 0.0330. The lowest BCUT2D eigenvalue weighted by Gasteiger charge is -2.22. The lowest BCUT2D eigenvalue weighted by Crippen LogP contribution is -2.12. The molecule has 3 nitrogen and oxygen atoms in total. The molecule has 166 valence electrons. The summed E-state index contributed by atoms with van der Waals surface area (Å²) < 4.78 is 5.85. The van der Waals surface area contributed by atoms with E-state index < -0.39 is 0 Å². The largest absolute Gasteiger partial charge is 0.462 e. The van der Waals surface area contributed by atoms with Gasteiger partial charge in [0.1, 0.15) is 0 Å². The highest BCUT2D eigenvalue weighted by Crippen LogP contribution is 2.37. The molecule has 0 spiro atoms. The first kappa shape index (κ1) is 21.4. The number of pyridine rings is 2. The molecule has 3 heterocycles. The van der Waals surface area contributed by atoms with Crippen LogP contribution < -0.4 is 0 Å². The summed E-state index contributed by atoms with van der Waals surface area (Å²) in [6.45, 7) is 11.3. The highest BCUT2D eigenvalue weighted by molar-refractivity contribution is 5.96. The van der Waals surface area contributed by atoms with E-state index in [1.807, 2.05) is 24.9 Å². The molecule has 0 amide bonds. The van der Waals surface area contributed by atoms with Crippen LogP contribution in [0.25, 0.3) is 44.1 Å². The average molecular weight is 435 g/mol. The van der Waals surface area contributed by atoms with Gasteiger partial charge in [0.15, 0.2) is 5.58 Å². The van der Waals surface area contributed by atoms with Crippen molar-refractivity contribution >= 4 is 21.7 Å². The number of benzene rings is 2. The maximum absolute atomic E-state index is 5.85. The molecule has 0 aliphatic heterocycles. The first-order valence-electron chi connectivity index (χ1n) is 11.7. The van der Waals surface area contributed by atoms with Crippen LogP contribution in [0.4, 0.5) is 0 Å². The van der Waals surface area contributed by atoms with Crippen LogP contribution in [0.5, 0.6) is 0 Å². The van der Waals surface area contributed by atoms with E-state index in [0.29, 0.717) is 5.92 Å². The van der Waals surface area contributed by atoms with E-state index in [-0.39, 0.29) is 5.41 Å². The van der Waals surface area contributed by atoms with Gasteiger partial charge in [0.25, 0.3) is 0 Å². The van der Waals surface area contributed by atoms with Crippen molar-refractivity contribution in [2.24, 2.45) is 5.92 Å². The molecule has 5 rings (SSSR count). The number of nitrogens with zero attached hydrogens (tertiary/aromatic N) is 2. The quantitative estimate of drug-likeness (QED) is 0.286. The molecule has 3 aromatic heterocycles. The summed E-state index contributed by atoms with van der Waals surface area (Å²) in [5.74, 6) is 0.549. The normalized spacial score (nSPS) is 12.2. The first-order valence-corrected chi connectivity index (χ1v) is 11.7. The third-order valence-corrected chi connectivity index (χ3v) is 6.23. The van der Waals surface area contributed by atoms with Gasteiger partial charge in [0.2, 0.25) is 0 Å². The fourth-order valence-corrected chi connectivity index (χ4v) is 4.70. The minimum atomic E-state index is 0.0330. The Labute approximate surface area is 195 Å². The second-order valence-corrected chi connectivity index (χ2v) is 10.3. The zero-order valence-corrected chi connectivity index (χ0v) is 20.0. The first-order chi connectivity index (χ1) is 15.8. The number of hydrogen-bond donors (Lipinski definition) is 0. The molecule has 0 aliphatic rings. The van der Waals surface area contributed by atoms with Gasteiger partial charge in [-0.15, -0.1) is 0 Å². The van der Waals surface area contributed by atoms with E-state index in [0.717, 1.165) is 39.8 Å². The Hall–Kier alpha value is -3.46. The Morgan fingerprint density at radius 2 is 1.76 bits per heavy atom. The summed E-state index contributed by atoms with van der Waals surface area (Å²) in [4.78, 5) is 9.22.